The molecule has 0 aliphatic heterocycles. The number of rotatable bonds is 3. The van der Waals surface area contributed by atoms with Crippen molar-refractivity contribution < 1.29 is 10.2 Å². The summed E-state index contributed by atoms with van der Waals surface area (Å²) in [5, 5.41) is 22.2. The van der Waals surface area contributed by atoms with Gasteiger partial charge in [0.1, 0.15) is 5.75 Å². The number of hydrogen-bond donors (Lipinski definition) is 3. The Kier molecular flexibility index (Phi) is 2.92. The third-order valence-electron chi connectivity index (χ3n) is 2.35. The normalized spacial score (nSPS) is 10.6. The molecule has 0 unspecified atom stereocenters. The zero-order valence-corrected chi connectivity index (χ0v) is 9.07. The molecule has 3 N–H and O–H groups in total. The van der Waals surface area contributed by atoms with Crippen molar-refractivity contribution in [2.45, 2.75) is 6.92 Å². The Morgan fingerprint density at radius 3 is 2.88 bits per heavy atom. The molecule has 4 heteroatoms. The number of hydrogen-bond acceptors (Lipinski definition) is 4. The number of aliphatic hydroxyl groups is 1. The number of aromatic nitrogens is 1. The van der Waals surface area contributed by atoms with Gasteiger partial charge in [0.25, 0.3) is 0 Å². The molecule has 1 aromatic heterocycles. The van der Waals surface area contributed by atoms with Gasteiger partial charge in [-0.25, -0.2) is 0 Å². The van der Waals surface area contributed by atoms with Gasteiger partial charge in [0.15, 0.2) is 0 Å². The van der Waals surface area contributed by atoms with Crippen LogP contribution in [0, 0.1) is 6.92 Å². The molecular formula is C12H14N2O2. The van der Waals surface area contributed by atoms with E-state index >= 15 is 0 Å². The van der Waals surface area contributed by atoms with E-state index in [1.54, 1.807) is 18.2 Å². The first-order valence-corrected chi connectivity index (χ1v) is 5.16. The monoisotopic (exact) mass is 218 g/mol. The molecule has 0 fully saturated rings. The predicted octanol–water partition coefficient (Wildman–Crippen LogP) is 1.65. The Hall–Kier alpha value is -1.81. The Morgan fingerprint density at radius 2 is 2.12 bits per heavy atom. The van der Waals surface area contributed by atoms with Crippen LogP contribution in [0.25, 0.3) is 10.9 Å². The Labute approximate surface area is 93.6 Å². The first-order chi connectivity index (χ1) is 7.70. The summed E-state index contributed by atoms with van der Waals surface area (Å²) in [7, 11) is 0. The van der Waals surface area contributed by atoms with Gasteiger partial charge in [-0.1, -0.05) is 0 Å². The molecule has 0 atom stereocenters. The number of benzene rings is 1. The Balaban J connectivity index is 2.55. The van der Waals surface area contributed by atoms with E-state index in [-0.39, 0.29) is 12.4 Å². The van der Waals surface area contributed by atoms with Crippen molar-refractivity contribution in [1.29, 1.82) is 0 Å². The number of anilines is 1. The van der Waals surface area contributed by atoms with Gasteiger partial charge in [0.05, 0.1) is 12.1 Å². The van der Waals surface area contributed by atoms with E-state index in [1.807, 2.05) is 13.0 Å². The largest absolute Gasteiger partial charge is 0.508 e. The number of aliphatic hydroxyl groups excluding tert-OH is 1. The van der Waals surface area contributed by atoms with Gasteiger partial charge < -0.3 is 15.5 Å². The number of phenolic OH excluding ortho intramolecular Hbond substituents is 1. The number of nitrogens with zero attached hydrogens (tertiary/aromatic N) is 1. The quantitative estimate of drug-likeness (QED) is 0.733. The molecule has 0 bridgehead atoms. The summed E-state index contributed by atoms with van der Waals surface area (Å²) in [6.07, 6.45) is 0. The van der Waals surface area contributed by atoms with Gasteiger partial charge in [-0.15, -0.1) is 0 Å². The van der Waals surface area contributed by atoms with Gasteiger partial charge in [-0.3, -0.25) is 4.98 Å². The molecule has 0 spiro atoms. The maximum absolute atomic E-state index is 9.44. The van der Waals surface area contributed by atoms with Gasteiger partial charge in [0, 0.05) is 23.3 Å². The van der Waals surface area contributed by atoms with E-state index in [0.717, 1.165) is 22.3 Å². The minimum absolute atomic E-state index is 0.0711. The molecule has 0 amide bonds. The molecule has 2 rings (SSSR count). The van der Waals surface area contributed by atoms with E-state index < -0.39 is 0 Å². The van der Waals surface area contributed by atoms with Gasteiger partial charge in [-0.2, -0.15) is 0 Å². The maximum atomic E-state index is 9.44. The van der Waals surface area contributed by atoms with Crippen LogP contribution in [0.4, 0.5) is 5.69 Å². The van der Waals surface area contributed by atoms with E-state index in [9.17, 15) is 5.11 Å². The number of phenols is 1. The first kappa shape index (κ1) is 10.7. The zero-order valence-electron chi connectivity index (χ0n) is 9.07. The van der Waals surface area contributed by atoms with Crippen LogP contribution in [0.1, 0.15) is 5.69 Å². The molecule has 4 nitrogen and oxygen atoms in total. The topological polar surface area (TPSA) is 65.4 Å². The van der Waals surface area contributed by atoms with Crippen LogP contribution in [-0.2, 0) is 0 Å². The third-order valence-corrected chi connectivity index (χ3v) is 2.35. The average molecular weight is 218 g/mol. The zero-order chi connectivity index (χ0) is 11.5. The molecule has 0 saturated carbocycles. The highest BCUT2D eigenvalue weighted by Crippen LogP contribution is 2.26. The number of fused-ring (bicyclic) bond motifs is 1. The van der Waals surface area contributed by atoms with Crippen LogP contribution in [0.15, 0.2) is 24.3 Å². The van der Waals surface area contributed by atoms with Crippen molar-refractivity contribution in [3.63, 3.8) is 0 Å². The first-order valence-electron chi connectivity index (χ1n) is 5.16. The minimum Gasteiger partial charge on any atom is -0.508 e. The van der Waals surface area contributed by atoms with Crippen molar-refractivity contribution in [2.75, 3.05) is 18.5 Å². The highest BCUT2D eigenvalue weighted by molar-refractivity contribution is 5.92. The lowest BCUT2D eigenvalue weighted by atomic mass is 10.1. The molecule has 0 aliphatic rings. The van der Waals surface area contributed by atoms with Crippen LogP contribution in [0.3, 0.4) is 0 Å². The summed E-state index contributed by atoms with van der Waals surface area (Å²) < 4.78 is 0. The lowest BCUT2D eigenvalue weighted by Gasteiger charge is -2.09. The lowest BCUT2D eigenvalue weighted by molar-refractivity contribution is 0.311. The Bertz CT molecular complexity index is 512. The molecule has 84 valence electrons. The van der Waals surface area contributed by atoms with E-state index in [1.165, 1.54) is 0 Å². The predicted molar refractivity (Wildman–Crippen MR) is 63.7 cm³/mol. The second-order valence-electron chi connectivity index (χ2n) is 3.66. The molecule has 1 heterocycles. The summed E-state index contributed by atoms with van der Waals surface area (Å²) in [4.78, 5) is 4.37. The van der Waals surface area contributed by atoms with Crippen molar-refractivity contribution in [3.05, 3.63) is 30.0 Å². The maximum Gasteiger partial charge on any atom is 0.116 e. The summed E-state index contributed by atoms with van der Waals surface area (Å²) >= 11 is 0. The molecule has 1 aromatic carbocycles. The number of aryl methyl sites for hydroxylation is 1. The minimum atomic E-state index is 0.0711. The van der Waals surface area contributed by atoms with E-state index in [2.05, 4.69) is 10.3 Å². The molecule has 2 aromatic rings. The second kappa shape index (κ2) is 4.37. The van der Waals surface area contributed by atoms with Gasteiger partial charge in [0.2, 0.25) is 0 Å². The standard InChI is InChI=1S/C12H14N2O2/c1-8-6-12(13-4-5-15)10-7-9(16)2-3-11(10)14-8/h2-3,6-7,15-16H,4-5H2,1H3,(H,13,14). The highest BCUT2D eigenvalue weighted by atomic mass is 16.3. The summed E-state index contributed by atoms with van der Waals surface area (Å²) in [5.41, 5.74) is 2.62. The van der Waals surface area contributed by atoms with Gasteiger partial charge in [-0.05, 0) is 31.2 Å². The molecule has 0 radical (unpaired) electrons. The molecule has 0 saturated heterocycles. The number of nitrogens with one attached hydrogen (secondary N) is 1. The fourth-order valence-corrected chi connectivity index (χ4v) is 1.68. The third kappa shape index (κ3) is 2.06. The van der Waals surface area contributed by atoms with E-state index in [0.29, 0.717) is 6.54 Å². The van der Waals surface area contributed by atoms with E-state index in [4.69, 9.17) is 5.11 Å². The van der Waals surface area contributed by atoms with Crippen LogP contribution in [0.2, 0.25) is 0 Å². The second-order valence-corrected chi connectivity index (χ2v) is 3.66. The fraction of sp³-hybridized carbons (Fsp3) is 0.250. The van der Waals surface area contributed by atoms with Crippen molar-refractivity contribution in [1.82, 2.24) is 4.98 Å². The molecular weight excluding hydrogens is 204 g/mol. The van der Waals surface area contributed by atoms with Crippen LogP contribution in [0.5, 0.6) is 5.75 Å². The summed E-state index contributed by atoms with van der Waals surface area (Å²) in [6.45, 7) is 2.46. The number of aromatic hydroxyl groups is 1. The van der Waals surface area contributed by atoms with Crippen LogP contribution in [-0.4, -0.2) is 28.3 Å². The van der Waals surface area contributed by atoms with Crippen LogP contribution >= 0.6 is 0 Å². The Morgan fingerprint density at radius 1 is 1.31 bits per heavy atom. The van der Waals surface area contributed by atoms with Crippen molar-refractivity contribution >= 4 is 16.6 Å². The SMILES string of the molecule is Cc1cc(NCCO)c2cc(O)ccc2n1. The fourth-order valence-electron chi connectivity index (χ4n) is 1.68. The van der Waals surface area contributed by atoms with Crippen LogP contribution < -0.4 is 5.32 Å². The summed E-state index contributed by atoms with van der Waals surface area (Å²) in [5.74, 6) is 0.213. The van der Waals surface area contributed by atoms with Crippen molar-refractivity contribution in [3.8, 4) is 5.75 Å². The highest BCUT2D eigenvalue weighted by Gasteiger charge is 2.04. The smallest absolute Gasteiger partial charge is 0.116 e. The van der Waals surface area contributed by atoms with Gasteiger partial charge >= 0.3 is 0 Å². The number of pyridine rings is 1. The van der Waals surface area contributed by atoms with Crippen molar-refractivity contribution in [2.24, 2.45) is 0 Å². The molecule has 0 aliphatic carbocycles. The summed E-state index contributed by atoms with van der Waals surface area (Å²) in [6, 6.07) is 6.96. The molecule has 16 heavy (non-hydrogen) atoms. The lowest BCUT2D eigenvalue weighted by Crippen LogP contribution is -2.06. The average Bonchev–Trinajstić information content (AvgIpc) is 2.26.